The molecule has 2 atom stereocenters. The number of sulfonamides is 1. The minimum Gasteiger partial charge on any atom is -0.475 e. The summed E-state index contributed by atoms with van der Waals surface area (Å²) in [6.45, 7) is 5.77. The van der Waals surface area contributed by atoms with Crippen molar-refractivity contribution in [3.63, 3.8) is 0 Å². The molecule has 3 fully saturated rings. The van der Waals surface area contributed by atoms with Crippen LogP contribution in [0.1, 0.15) is 18.4 Å². The first-order valence-electron chi connectivity index (χ1n) is 11.6. The van der Waals surface area contributed by atoms with E-state index in [1.807, 2.05) is 30.3 Å². The predicted molar refractivity (Wildman–Crippen MR) is 125 cm³/mol. The monoisotopic (exact) mass is 536 g/mol. The van der Waals surface area contributed by atoms with Crippen molar-refractivity contribution in [2.24, 2.45) is 0 Å². The Bertz CT molecular complexity index is 985. The van der Waals surface area contributed by atoms with E-state index < -0.39 is 27.8 Å². The van der Waals surface area contributed by atoms with Gasteiger partial charge in [-0.2, -0.15) is 17.5 Å². The van der Waals surface area contributed by atoms with Gasteiger partial charge in [0.1, 0.15) is 5.60 Å². The van der Waals surface area contributed by atoms with Gasteiger partial charge in [0.05, 0.1) is 32.5 Å². The van der Waals surface area contributed by atoms with E-state index >= 15 is 0 Å². The van der Waals surface area contributed by atoms with Crippen LogP contribution in [0.2, 0.25) is 0 Å². The molecule has 0 radical (unpaired) electrons. The number of carboxylic acid groups (broad SMARTS) is 1. The maximum atomic E-state index is 13.0. The highest BCUT2D eigenvalue weighted by atomic mass is 32.2. The molecule has 0 aromatic heterocycles. The summed E-state index contributed by atoms with van der Waals surface area (Å²) in [5.74, 6) is -2.76. The van der Waals surface area contributed by atoms with Gasteiger partial charge in [-0.25, -0.2) is 13.2 Å². The van der Waals surface area contributed by atoms with Crippen molar-refractivity contribution in [2.75, 3.05) is 59.2 Å². The summed E-state index contributed by atoms with van der Waals surface area (Å²) in [6, 6.07) is 9.46. The molecule has 3 aliphatic rings. The van der Waals surface area contributed by atoms with Gasteiger partial charge >= 0.3 is 12.1 Å². The lowest BCUT2D eigenvalue weighted by Gasteiger charge is -2.33. The molecule has 0 bridgehead atoms. The highest BCUT2D eigenvalue weighted by molar-refractivity contribution is 7.92. The number of hydrogen-bond acceptors (Lipinski definition) is 7. The van der Waals surface area contributed by atoms with Crippen molar-refractivity contribution >= 4 is 22.1 Å². The van der Waals surface area contributed by atoms with Crippen molar-refractivity contribution in [3.05, 3.63) is 41.3 Å². The molecule has 1 spiro atoms. The third-order valence-electron chi connectivity index (χ3n) is 6.05. The molecule has 0 saturated carbocycles. The van der Waals surface area contributed by atoms with Crippen LogP contribution in [0.3, 0.4) is 0 Å². The van der Waals surface area contributed by atoms with Crippen LogP contribution in [0, 0.1) is 0 Å². The summed E-state index contributed by atoms with van der Waals surface area (Å²) in [5, 5.41) is 8.42. The average molecular weight is 537 g/mol. The van der Waals surface area contributed by atoms with Gasteiger partial charge in [0.2, 0.25) is 10.0 Å². The van der Waals surface area contributed by atoms with Gasteiger partial charge in [-0.05, 0) is 24.5 Å². The summed E-state index contributed by atoms with van der Waals surface area (Å²) in [5.41, 5.74) is 0.306. The fraction of sp³-hybridized carbons (Fsp3) is 0.609. The number of carbonyl (C=O) groups is 1. The van der Waals surface area contributed by atoms with E-state index in [9.17, 15) is 21.6 Å². The topological polar surface area (TPSA) is 106 Å². The van der Waals surface area contributed by atoms with E-state index in [0.29, 0.717) is 26.3 Å². The molecule has 3 aliphatic heterocycles. The summed E-state index contributed by atoms with van der Waals surface area (Å²) < 4.78 is 76.8. The fourth-order valence-electron chi connectivity index (χ4n) is 4.22. The van der Waals surface area contributed by atoms with Crippen LogP contribution in [-0.4, -0.2) is 106 Å². The largest absolute Gasteiger partial charge is 0.490 e. The highest BCUT2D eigenvalue weighted by Crippen LogP contribution is 2.34. The number of morpholine rings is 1. The van der Waals surface area contributed by atoms with Gasteiger partial charge in [0, 0.05) is 38.1 Å². The Morgan fingerprint density at radius 3 is 2.39 bits per heavy atom. The number of halogens is 3. The number of hydrogen-bond donors (Lipinski definition) is 1. The fourth-order valence-corrected chi connectivity index (χ4v) is 5.47. The van der Waals surface area contributed by atoms with E-state index in [2.05, 4.69) is 4.90 Å². The highest BCUT2D eigenvalue weighted by Gasteiger charge is 2.45. The summed E-state index contributed by atoms with van der Waals surface area (Å²) >= 11 is 0. The van der Waals surface area contributed by atoms with Gasteiger partial charge in [-0.3, -0.25) is 4.90 Å². The zero-order valence-corrected chi connectivity index (χ0v) is 20.5. The molecular weight excluding hydrogens is 505 g/mol. The second-order valence-electron chi connectivity index (χ2n) is 8.82. The number of alkyl halides is 3. The lowest BCUT2D eigenvalue weighted by Crippen LogP contribution is -2.47. The molecule has 4 rings (SSSR count). The molecule has 0 unspecified atom stereocenters. The van der Waals surface area contributed by atoms with E-state index in [1.165, 1.54) is 9.71 Å². The molecule has 0 aliphatic carbocycles. The maximum absolute atomic E-state index is 13.0. The first-order chi connectivity index (χ1) is 17.0. The Morgan fingerprint density at radius 1 is 1.11 bits per heavy atom. The zero-order valence-electron chi connectivity index (χ0n) is 19.7. The second kappa shape index (κ2) is 12.5. The van der Waals surface area contributed by atoms with Gasteiger partial charge in [-0.1, -0.05) is 30.3 Å². The van der Waals surface area contributed by atoms with Crippen LogP contribution in [0.4, 0.5) is 13.2 Å². The molecule has 1 N–H and O–H groups in total. The lowest BCUT2D eigenvalue weighted by molar-refractivity contribution is -0.192. The second-order valence-corrected chi connectivity index (χ2v) is 10.6. The molecular formula is C23H31F3N2O7S. The Balaban J connectivity index is 0.000000454. The lowest BCUT2D eigenvalue weighted by atomic mass is 10.0. The summed E-state index contributed by atoms with van der Waals surface area (Å²) in [4.78, 5) is 11.3. The Kier molecular flexibility index (Phi) is 9.89. The van der Waals surface area contributed by atoms with Crippen LogP contribution in [0.5, 0.6) is 0 Å². The molecule has 36 heavy (non-hydrogen) atoms. The van der Waals surface area contributed by atoms with Crippen LogP contribution in [0.25, 0.3) is 6.08 Å². The van der Waals surface area contributed by atoms with E-state index in [-0.39, 0.29) is 6.10 Å². The van der Waals surface area contributed by atoms with Crippen molar-refractivity contribution in [1.82, 2.24) is 9.21 Å². The van der Waals surface area contributed by atoms with Gasteiger partial charge in [0.15, 0.2) is 0 Å². The minimum absolute atomic E-state index is 0.110. The third kappa shape index (κ3) is 8.53. The number of rotatable bonds is 5. The summed E-state index contributed by atoms with van der Waals surface area (Å²) in [7, 11) is -3.55. The Labute approximate surface area is 208 Å². The zero-order chi connectivity index (χ0) is 26.2. The molecule has 1 aromatic carbocycles. The van der Waals surface area contributed by atoms with E-state index in [4.69, 9.17) is 24.1 Å². The average Bonchev–Trinajstić information content (AvgIpc) is 3.09. The molecule has 1 aromatic rings. The van der Waals surface area contributed by atoms with E-state index in [1.54, 1.807) is 6.08 Å². The Hall–Kier alpha value is -2.03. The van der Waals surface area contributed by atoms with Gasteiger partial charge in [0.25, 0.3) is 0 Å². The van der Waals surface area contributed by atoms with Crippen molar-refractivity contribution in [2.45, 2.75) is 30.7 Å². The molecule has 3 saturated heterocycles. The van der Waals surface area contributed by atoms with Crippen LogP contribution >= 0.6 is 0 Å². The first kappa shape index (κ1) is 28.5. The first-order valence-corrected chi connectivity index (χ1v) is 13.1. The molecule has 0 amide bonds. The van der Waals surface area contributed by atoms with Crippen molar-refractivity contribution in [3.8, 4) is 0 Å². The Morgan fingerprint density at radius 2 is 1.75 bits per heavy atom. The smallest absolute Gasteiger partial charge is 0.475 e. The van der Waals surface area contributed by atoms with Crippen LogP contribution < -0.4 is 0 Å². The normalized spacial score (nSPS) is 26.5. The molecule has 9 nitrogen and oxygen atoms in total. The van der Waals surface area contributed by atoms with Crippen molar-refractivity contribution in [1.29, 1.82) is 0 Å². The van der Waals surface area contributed by atoms with Gasteiger partial charge in [-0.15, -0.1) is 0 Å². The molecule has 202 valence electrons. The molecule has 3 heterocycles. The van der Waals surface area contributed by atoms with Crippen molar-refractivity contribution < 1.29 is 45.7 Å². The minimum atomic E-state index is -5.08. The predicted octanol–water partition coefficient (Wildman–Crippen LogP) is 2.20. The number of nitrogens with zero attached hydrogens (tertiary/aromatic N) is 2. The van der Waals surface area contributed by atoms with Crippen LogP contribution in [0.15, 0.2) is 35.7 Å². The van der Waals surface area contributed by atoms with E-state index in [0.717, 1.165) is 51.3 Å². The standard InChI is InChI=1S/C21H30N2O5S.C2HF3O2/c24-29(25,15-7-19-4-2-1-3-5-19)23-11-14-27-18-21(17-23)8-6-20(28-21)16-22-9-12-26-13-10-22;3-2(4,5)1(6)7/h1-5,7,15,20H,6,8-14,16-18H2;(H,6,7)/b15-7+;/t20-,21-;/m1./s1. The van der Waals surface area contributed by atoms with Crippen LogP contribution in [-0.2, 0) is 29.0 Å². The number of benzene rings is 1. The number of aliphatic carboxylic acids is 1. The summed E-state index contributed by atoms with van der Waals surface area (Å²) in [6.07, 6.45) is -1.59. The quantitative estimate of drug-likeness (QED) is 0.611. The maximum Gasteiger partial charge on any atom is 0.490 e. The molecule has 13 heteroatoms. The number of carboxylic acids is 1. The third-order valence-corrected chi connectivity index (χ3v) is 7.56. The van der Waals surface area contributed by atoms with Gasteiger partial charge < -0.3 is 19.3 Å². The SMILES string of the molecule is O=C(O)C(F)(F)F.O=S(=O)(/C=C/c1ccccc1)N1CCOC[C@@]2(CC[C@H](CN3CCOCC3)O2)C1. The number of ether oxygens (including phenoxy) is 3.